The number of benzene rings is 2. The summed E-state index contributed by atoms with van der Waals surface area (Å²) in [6.07, 6.45) is -4.89. The Morgan fingerprint density at radius 2 is 1.71 bits per heavy atom. The van der Waals surface area contributed by atoms with Crippen LogP contribution >= 0.6 is 0 Å². The van der Waals surface area contributed by atoms with Crippen molar-refractivity contribution >= 4 is 18.5 Å². The van der Waals surface area contributed by atoms with E-state index in [1.54, 1.807) is 12.1 Å². The lowest BCUT2D eigenvalue weighted by Gasteiger charge is -2.13. The van der Waals surface area contributed by atoms with Crippen molar-refractivity contribution in [3.8, 4) is 5.75 Å². The van der Waals surface area contributed by atoms with Crippen LogP contribution in [0.5, 0.6) is 5.75 Å². The number of halogens is 3. The molecule has 0 unspecified atom stereocenters. The van der Waals surface area contributed by atoms with Crippen LogP contribution in [-0.4, -0.2) is 29.4 Å². The van der Waals surface area contributed by atoms with Gasteiger partial charge in [0.05, 0.1) is 5.56 Å². The Morgan fingerprint density at radius 1 is 1.08 bits per heavy atom. The number of carbonyl (C=O) groups is 1. The van der Waals surface area contributed by atoms with Crippen molar-refractivity contribution in [2.24, 2.45) is 0 Å². The van der Waals surface area contributed by atoms with Gasteiger partial charge in [0, 0.05) is 6.54 Å². The highest BCUT2D eigenvalue weighted by atomic mass is 19.4. The lowest BCUT2D eigenvalue weighted by molar-refractivity contribution is -0.274. The molecule has 2 aromatic rings. The summed E-state index contributed by atoms with van der Waals surface area (Å²) >= 11 is 0. The van der Waals surface area contributed by atoms with Gasteiger partial charge in [0.1, 0.15) is 5.75 Å². The molecule has 0 aliphatic rings. The lowest BCUT2D eigenvalue weighted by Crippen LogP contribution is -2.30. The SMILES string of the molecule is O=C(NCc1ccc(B(O)O)cc1)c1ccccc1OC(F)(F)F. The lowest BCUT2D eigenvalue weighted by atomic mass is 9.80. The summed E-state index contributed by atoms with van der Waals surface area (Å²) in [5.41, 5.74) is 0.688. The minimum Gasteiger partial charge on any atom is -0.423 e. The van der Waals surface area contributed by atoms with Crippen LogP contribution in [0.15, 0.2) is 48.5 Å². The van der Waals surface area contributed by atoms with E-state index in [9.17, 15) is 18.0 Å². The molecule has 0 aliphatic carbocycles. The monoisotopic (exact) mass is 339 g/mol. The van der Waals surface area contributed by atoms with E-state index in [2.05, 4.69) is 10.1 Å². The standard InChI is InChI=1S/C15H13BF3NO4/c17-15(18,19)24-13-4-2-1-3-12(13)14(21)20-9-10-5-7-11(8-6-10)16(22)23/h1-8,22-23H,9H2,(H,20,21). The van der Waals surface area contributed by atoms with Crippen molar-refractivity contribution in [2.45, 2.75) is 12.9 Å². The summed E-state index contributed by atoms with van der Waals surface area (Å²) in [5, 5.41) is 20.4. The zero-order chi connectivity index (χ0) is 17.7. The van der Waals surface area contributed by atoms with Gasteiger partial charge < -0.3 is 20.1 Å². The molecule has 0 aliphatic heterocycles. The molecule has 24 heavy (non-hydrogen) atoms. The first-order valence-corrected chi connectivity index (χ1v) is 6.84. The third-order valence-electron chi connectivity index (χ3n) is 3.09. The molecule has 2 rings (SSSR count). The Hall–Kier alpha value is -2.52. The van der Waals surface area contributed by atoms with E-state index in [-0.39, 0.29) is 17.6 Å². The summed E-state index contributed by atoms with van der Waals surface area (Å²) in [7, 11) is -1.60. The van der Waals surface area contributed by atoms with Crippen molar-refractivity contribution in [3.63, 3.8) is 0 Å². The molecule has 9 heteroatoms. The smallest absolute Gasteiger partial charge is 0.423 e. The van der Waals surface area contributed by atoms with Crippen LogP contribution in [0.1, 0.15) is 15.9 Å². The minimum absolute atomic E-state index is 0.0565. The number of alkyl halides is 3. The van der Waals surface area contributed by atoms with Gasteiger partial charge in [-0.1, -0.05) is 36.4 Å². The molecule has 0 radical (unpaired) electrons. The molecule has 0 atom stereocenters. The van der Waals surface area contributed by atoms with Gasteiger partial charge in [-0.15, -0.1) is 13.2 Å². The number of hydrogen-bond acceptors (Lipinski definition) is 4. The highest BCUT2D eigenvalue weighted by Crippen LogP contribution is 2.26. The van der Waals surface area contributed by atoms with Gasteiger partial charge in [-0.2, -0.15) is 0 Å². The van der Waals surface area contributed by atoms with Crippen LogP contribution < -0.4 is 15.5 Å². The molecule has 2 aromatic carbocycles. The molecule has 0 saturated heterocycles. The Balaban J connectivity index is 2.05. The van der Waals surface area contributed by atoms with E-state index < -0.39 is 25.1 Å². The molecule has 3 N–H and O–H groups in total. The first-order chi connectivity index (χ1) is 11.3. The number of amides is 1. The number of ether oxygens (including phenoxy) is 1. The van der Waals surface area contributed by atoms with Gasteiger partial charge in [-0.25, -0.2) is 0 Å². The second kappa shape index (κ2) is 7.37. The normalized spacial score (nSPS) is 11.0. The van der Waals surface area contributed by atoms with Crippen LogP contribution in [0, 0.1) is 0 Å². The van der Waals surface area contributed by atoms with Crippen LogP contribution in [0.25, 0.3) is 0 Å². The average molecular weight is 339 g/mol. The maximum atomic E-state index is 12.3. The van der Waals surface area contributed by atoms with E-state index in [1.165, 1.54) is 30.3 Å². The van der Waals surface area contributed by atoms with Crippen molar-refractivity contribution in [1.29, 1.82) is 0 Å². The number of rotatable bonds is 5. The van der Waals surface area contributed by atoms with Crippen molar-refractivity contribution in [1.82, 2.24) is 5.32 Å². The zero-order valence-corrected chi connectivity index (χ0v) is 12.2. The summed E-state index contributed by atoms with van der Waals surface area (Å²) < 4.78 is 40.9. The van der Waals surface area contributed by atoms with Gasteiger partial charge in [0.15, 0.2) is 0 Å². The Morgan fingerprint density at radius 3 is 2.29 bits per heavy atom. The van der Waals surface area contributed by atoms with E-state index in [0.29, 0.717) is 5.56 Å². The third kappa shape index (κ3) is 5.00. The Bertz CT molecular complexity index is 705. The van der Waals surface area contributed by atoms with Gasteiger partial charge in [-0.3, -0.25) is 4.79 Å². The molecule has 1 amide bonds. The molecule has 0 bridgehead atoms. The molecule has 5 nitrogen and oxygen atoms in total. The number of nitrogens with one attached hydrogen (secondary N) is 1. The predicted molar refractivity (Wildman–Crippen MR) is 80.6 cm³/mol. The molecular formula is C15H13BF3NO4. The highest BCUT2D eigenvalue weighted by molar-refractivity contribution is 6.58. The second-order valence-electron chi connectivity index (χ2n) is 4.84. The van der Waals surface area contributed by atoms with Crippen molar-refractivity contribution in [2.75, 3.05) is 0 Å². The molecule has 0 saturated carbocycles. The number of carbonyl (C=O) groups excluding carboxylic acids is 1. The molecule has 0 fully saturated rings. The van der Waals surface area contributed by atoms with E-state index in [4.69, 9.17) is 10.0 Å². The zero-order valence-electron chi connectivity index (χ0n) is 12.2. The molecule has 0 heterocycles. The third-order valence-corrected chi connectivity index (χ3v) is 3.09. The molecule has 126 valence electrons. The van der Waals surface area contributed by atoms with E-state index in [0.717, 1.165) is 6.07 Å². The van der Waals surface area contributed by atoms with E-state index in [1.807, 2.05) is 0 Å². The minimum atomic E-state index is -4.89. The highest BCUT2D eigenvalue weighted by Gasteiger charge is 2.32. The van der Waals surface area contributed by atoms with Gasteiger partial charge >= 0.3 is 13.5 Å². The Kier molecular flexibility index (Phi) is 5.48. The fourth-order valence-electron chi connectivity index (χ4n) is 1.95. The van der Waals surface area contributed by atoms with Gasteiger partial charge in [0.2, 0.25) is 0 Å². The maximum absolute atomic E-state index is 12.3. The average Bonchev–Trinajstić information content (AvgIpc) is 2.52. The largest absolute Gasteiger partial charge is 0.573 e. The topological polar surface area (TPSA) is 78.8 Å². The first kappa shape index (κ1) is 17.8. The summed E-state index contributed by atoms with van der Waals surface area (Å²) in [4.78, 5) is 12.1. The second-order valence-corrected chi connectivity index (χ2v) is 4.84. The van der Waals surface area contributed by atoms with E-state index >= 15 is 0 Å². The van der Waals surface area contributed by atoms with Crippen molar-refractivity contribution < 1.29 is 32.8 Å². The molecular weight excluding hydrogens is 326 g/mol. The van der Waals surface area contributed by atoms with Crippen LogP contribution in [0.2, 0.25) is 0 Å². The van der Waals surface area contributed by atoms with Crippen LogP contribution in [-0.2, 0) is 6.54 Å². The number of para-hydroxylation sites is 1. The fourth-order valence-corrected chi connectivity index (χ4v) is 1.95. The summed E-state index contributed by atoms with van der Waals surface area (Å²) in [6, 6.07) is 11.1. The summed E-state index contributed by atoms with van der Waals surface area (Å²) in [6.45, 7) is 0.0565. The molecule has 0 aromatic heterocycles. The fraction of sp³-hybridized carbons (Fsp3) is 0.133. The summed E-state index contributed by atoms with van der Waals surface area (Å²) in [5.74, 6) is -1.30. The Labute approximate surface area is 135 Å². The molecule has 0 spiro atoms. The number of hydrogen-bond donors (Lipinski definition) is 3. The van der Waals surface area contributed by atoms with Gasteiger partial charge in [0.25, 0.3) is 5.91 Å². The predicted octanol–water partition coefficient (Wildman–Crippen LogP) is 1.19. The maximum Gasteiger partial charge on any atom is 0.573 e. The van der Waals surface area contributed by atoms with Crippen LogP contribution in [0.3, 0.4) is 0 Å². The van der Waals surface area contributed by atoms with Crippen molar-refractivity contribution in [3.05, 3.63) is 59.7 Å². The quantitative estimate of drug-likeness (QED) is 0.716. The van der Waals surface area contributed by atoms with Gasteiger partial charge in [-0.05, 0) is 23.2 Å². The van der Waals surface area contributed by atoms with Crippen LogP contribution in [0.4, 0.5) is 13.2 Å². The first-order valence-electron chi connectivity index (χ1n) is 6.84.